The zero-order chi connectivity index (χ0) is 36.0. The summed E-state index contributed by atoms with van der Waals surface area (Å²) in [7, 11) is 0. The van der Waals surface area contributed by atoms with Crippen molar-refractivity contribution in [2.75, 3.05) is 0 Å². The number of para-hydroxylation sites is 1. The number of hydrogen-bond donors (Lipinski definition) is 0. The molecule has 7 aromatic rings. The van der Waals surface area contributed by atoms with Gasteiger partial charge < -0.3 is 4.42 Å². The maximum atomic E-state index is 6.23. The molecule has 0 saturated heterocycles. The molecule has 0 fully saturated rings. The highest BCUT2D eigenvalue weighted by molar-refractivity contribution is 7.17. The summed E-state index contributed by atoms with van der Waals surface area (Å²) in [6.07, 6.45) is 27.5. The molecule has 5 aromatic carbocycles. The Hall–Kier alpha value is -5.96. The third kappa shape index (κ3) is 5.88. The van der Waals surface area contributed by atoms with Gasteiger partial charge in [-0.1, -0.05) is 152 Å². The van der Waals surface area contributed by atoms with Crippen LogP contribution < -0.4 is 9.75 Å². The molecule has 2 heteroatoms. The van der Waals surface area contributed by atoms with E-state index in [4.69, 9.17) is 4.42 Å². The van der Waals surface area contributed by atoms with Crippen LogP contribution in [-0.2, 0) is 0 Å². The molecule has 0 radical (unpaired) electrons. The van der Waals surface area contributed by atoms with E-state index in [0.717, 1.165) is 41.6 Å². The smallest absolute Gasteiger partial charge is 0.136 e. The molecule has 2 unspecified atom stereocenters. The van der Waals surface area contributed by atoms with E-state index in [9.17, 15) is 0 Å². The molecule has 3 aliphatic carbocycles. The fraction of sp³-hybridized carbons (Fsp3) is 0.115. The lowest BCUT2D eigenvalue weighted by Gasteiger charge is -2.26. The molecular formula is C52H40OS. The average molecular weight is 713 g/mol. The van der Waals surface area contributed by atoms with Crippen LogP contribution in [0.2, 0.25) is 0 Å². The molecule has 0 bridgehead atoms. The molecule has 260 valence electrons. The first-order valence-corrected chi connectivity index (χ1v) is 19.9. The monoisotopic (exact) mass is 712 g/mol. The summed E-state index contributed by atoms with van der Waals surface area (Å²) < 4.78 is 8.94. The molecule has 0 aliphatic heterocycles. The van der Waals surface area contributed by atoms with Crippen LogP contribution in [-0.4, -0.2) is 0 Å². The maximum Gasteiger partial charge on any atom is 0.136 e. The van der Waals surface area contributed by atoms with Gasteiger partial charge in [0.1, 0.15) is 11.2 Å². The van der Waals surface area contributed by atoms with Crippen LogP contribution in [0.25, 0.3) is 76.9 Å². The highest BCUT2D eigenvalue weighted by Crippen LogP contribution is 2.39. The minimum atomic E-state index is 0.316. The van der Waals surface area contributed by atoms with Crippen molar-refractivity contribution < 1.29 is 4.42 Å². The van der Waals surface area contributed by atoms with E-state index < -0.39 is 0 Å². The Labute approximate surface area is 319 Å². The van der Waals surface area contributed by atoms with Crippen LogP contribution >= 0.6 is 11.3 Å². The molecule has 2 atom stereocenters. The SMILES string of the molecule is C=C(/C=C\C=C\C1C=c2c(sc3ccc4cc5oc6ccccc6c5cc4c23)=CC1)c1ccccccc(C2=CC=C3C=CCCC3C2)c2ccccc12. The van der Waals surface area contributed by atoms with Gasteiger partial charge >= 0.3 is 0 Å². The van der Waals surface area contributed by atoms with Crippen molar-refractivity contribution in [3.63, 3.8) is 0 Å². The number of benzene rings is 4. The van der Waals surface area contributed by atoms with E-state index in [-0.39, 0.29) is 0 Å². The van der Waals surface area contributed by atoms with Crippen LogP contribution in [0.4, 0.5) is 0 Å². The Balaban J connectivity index is 0.982. The largest absolute Gasteiger partial charge is 0.456 e. The average Bonchev–Trinajstić information content (AvgIpc) is 3.77. The van der Waals surface area contributed by atoms with Gasteiger partial charge in [0.15, 0.2) is 0 Å². The van der Waals surface area contributed by atoms with Gasteiger partial charge in [-0.2, -0.15) is 0 Å². The van der Waals surface area contributed by atoms with Crippen molar-refractivity contribution >= 4 is 88.2 Å². The van der Waals surface area contributed by atoms with Crippen LogP contribution in [0.5, 0.6) is 0 Å². The van der Waals surface area contributed by atoms with Gasteiger partial charge in [0.2, 0.25) is 0 Å². The van der Waals surface area contributed by atoms with Crippen LogP contribution in [0.3, 0.4) is 0 Å². The summed E-state index contributed by atoms with van der Waals surface area (Å²) in [5.74, 6) is 0.912. The second kappa shape index (κ2) is 13.8. The van der Waals surface area contributed by atoms with Gasteiger partial charge in [0.25, 0.3) is 0 Å². The predicted octanol–water partition coefficient (Wildman–Crippen LogP) is 13.3. The van der Waals surface area contributed by atoms with Crippen LogP contribution in [0.1, 0.15) is 36.8 Å². The van der Waals surface area contributed by atoms with E-state index in [1.54, 1.807) is 0 Å². The minimum absolute atomic E-state index is 0.316. The third-order valence-electron chi connectivity index (χ3n) is 11.4. The van der Waals surface area contributed by atoms with Crippen LogP contribution in [0.15, 0.2) is 174 Å². The second-order valence-electron chi connectivity index (χ2n) is 14.7. The molecule has 1 nitrogen and oxygen atoms in total. The lowest BCUT2D eigenvalue weighted by molar-refractivity contribution is 0.573. The molecule has 3 aliphatic rings. The summed E-state index contributed by atoms with van der Waals surface area (Å²) in [6, 6.07) is 39.3. The molecule has 0 spiro atoms. The zero-order valence-electron chi connectivity index (χ0n) is 30.2. The number of furan rings is 1. The summed E-state index contributed by atoms with van der Waals surface area (Å²) >= 11 is 1.90. The zero-order valence-corrected chi connectivity index (χ0v) is 31.0. The van der Waals surface area contributed by atoms with E-state index in [0.29, 0.717) is 11.8 Å². The van der Waals surface area contributed by atoms with Crippen molar-refractivity contribution in [2.24, 2.45) is 11.8 Å². The molecule has 2 aromatic heterocycles. The van der Waals surface area contributed by atoms with Crippen molar-refractivity contribution in [3.05, 3.63) is 191 Å². The van der Waals surface area contributed by atoms with Gasteiger partial charge in [-0.05, 0) is 116 Å². The standard InChI is InChI=1S/C52H40OS/c1-34(40-18-4-2-3-5-19-41(43-21-11-10-20-42(40)43)38-26-25-36-16-8-9-17-37(36)31-38)14-6-7-15-35-24-28-50-47(30-35)52-45-33-46-44-22-12-13-23-48(44)53-49(46)32-39(45)27-29-51(52)54-50/h2-8,10-16,18-23,25-30,32-33,35,37H,1,9,17,24,31H2/b3-2?,4-2?,5-3?,14-6-,15-7+,18-4?,19-5?,40-18?,41-19?,42-40?,43-41?. The lowest BCUT2D eigenvalue weighted by Crippen LogP contribution is -2.23. The van der Waals surface area contributed by atoms with E-state index >= 15 is 0 Å². The maximum absolute atomic E-state index is 6.23. The Kier molecular flexibility index (Phi) is 8.34. The Morgan fingerprint density at radius 1 is 0.759 bits per heavy atom. The molecule has 54 heavy (non-hydrogen) atoms. The molecular weight excluding hydrogens is 673 g/mol. The fourth-order valence-corrected chi connectivity index (χ4v) is 9.87. The fourth-order valence-electron chi connectivity index (χ4n) is 8.71. The number of thiophene rings is 1. The van der Waals surface area contributed by atoms with Gasteiger partial charge in [-0.25, -0.2) is 0 Å². The first-order chi connectivity index (χ1) is 26.7. The van der Waals surface area contributed by atoms with Gasteiger partial charge in [0, 0.05) is 25.4 Å². The molecule has 0 N–H and O–H groups in total. The highest BCUT2D eigenvalue weighted by Gasteiger charge is 2.21. The topological polar surface area (TPSA) is 13.1 Å². The summed E-state index contributed by atoms with van der Waals surface area (Å²) in [5.41, 5.74) is 8.18. The van der Waals surface area contributed by atoms with Crippen molar-refractivity contribution in [1.82, 2.24) is 0 Å². The van der Waals surface area contributed by atoms with E-state index in [1.807, 2.05) is 17.4 Å². The van der Waals surface area contributed by atoms with Gasteiger partial charge in [0.05, 0.1) is 0 Å². The second-order valence-corrected chi connectivity index (χ2v) is 15.8. The molecule has 0 amide bonds. The number of fused-ring (bicyclic) bond motifs is 10. The third-order valence-corrected chi connectivity index (χ3v) is 12.6. The van der Waals surface area contributed by atoms with E-state index in [1.165, 1.54) is 75.3 Å². The molecule has 10 rings (SSSR count). The first-order valence-electron chi connectivity index (χ1n) is 19.1. The normalized spacial score (nSPS) is 18.1. The highest BCUT2D eigenvalue weighted by atomic mass is 32.1. The van der Waals surface area contributed by atoms with Crippen molar-refractivity contribution in [1.29, 1.82) is 0 Å². The first kappa shape index (κ1) is 32.7. The lowest BCUT2D eigenvalue weighted by atomic mass is 9.79. The number of hydrogen-bond acceptors (Lipinski definition) is 2. The summed E-state index contributed by atoms with van der Waals surface area (Å²) in [5, 5.41) is 10.0. The number of rotatable bonds is 5. The van der Waals surface area contributed by atoms with Gasteiger partial charge in [-0.15, -0.1) is 11.3 Å². The Morgan fingerprint density at radius 2 is 1.59 bits per heavy atom. The summed E-state index contributed by atoms with van der Waals surface area (Å²) in [4.78, 5) is 0. The quantitative estimate of drug-likeness (QED) is 0.162. The predicted molar refractivity (Wildman–Crippen MR) is 234 cm³/mol. The minimum Gasteiger partial charge on any atom is -0.456 e. The van der Waals surface area contributed by atoms with Gasteiger partial charge in [-0.3, -0.25) is 0 Å². The van der Waals surface area contributed by atoms with E-state index in [2.05, 4.69) is 170 Å². The number of allylic oxidation sites excluding steroid dienone is 11. The molecule has 0 saturated carbocycles. The summed E-state index contributed by atoms with van der Waals surface area (Å²) in [6.45, 7) is 4.59. The van der Waals surface area contributed by atoms with Crippen LogP contribution in [0, 0.1) is 11.8 Å². The Bertz CT molecular complexity index is 3020. The van der Waals surface area contributed by atoms with Crippen molar-refractivity contribution in [3.8, 4) is 0 Å². The molecule has 2 heterocycles. The van der Waals surface area contributed by atoms with Crippen molar-refractivity contribution in [2.45, 2.75) is 25.7 Å². The Morgan fingerprint density at radius 3 is 2.52 bits per heavy atom.